The molecule has 0 bridgehead atoms. The Morgan fingerprint density at radius 1 is 1.10 bits per heavy atom. The van der Waals surface area contributed by atoms with Crippen molar-refractivity contribution >= 4 is 17.1 Å². The average Bonchev–Trinajstić information content (AvgIpc) is 2.46. The third-order valence-corrected chi connectivity index (χ3v) is 3.71. The summed E-state index contributed by atoms with van der Waals surface area (Å²) < 4.78 is 0. The van der Waals surface area contributed by atoms with Crippen LogP contribution in [0.5, 0.6) is 0 Å². The highest BCUT2D eigenvalue weighted by molar-refractivity contribution is 5.80. The molecule has 0 radical (unpaired) electrons. The number of hydrogen-bond acceptors (Lipinski definition) is 3. The second kappa shape index (κ2) is 4.90. The quantitative estimate of drug-likeness (QED) is 0.852. The van der Waals surface area contributed by atoms with Crippen LogP contribution in [0.3, 0.4) is 0 Å². The minimum absolute atomic E-state index is 0.693. The van der Waals surface area contributed by atoms with Crippen LogP contribution in [0.1, 0.15) is 16.7 Å². The summed E-state index contributed by atoms with van der Waals surface area (Å²) in [6.45, 7) is 6.08. The van der Waals surface area contributed by atoms with E-state index in [9.17, 15) is 0 Å². The summed E-state index contributed by atoms with van der Waals surface area (Å²) >= 11 is 0. The minimum atomic E-state index is 0.693. The molecule has 20 heavy (non-hydrogen) atoms. The summed E-state index contributed by atoms with van der Waals surface area (Å²) in [7, 11) is 0. The Labute approximate surface area is 119 Å². The lowest BCUT2D eigenvalue weighted by Crippen LogP contribution is -2.30. The van der Waals surface area contributed by atoms with Gasteiger partial charge in [-0.05, 0) is 43.7 Å². The van der Waals surface area contributed by atoms with Crippen molar-refractivity contribution in [2.75, 3.05) is 23.3 Å². The number of hydrogen-bond donors (Lipinski definition) is 1. The van der Waals surface area contributed by atoms with Crippen LogP contribution in [0.25, 0.3) is 0 Å². The summed E-state index contributed by atoms with van der Waals surface area (Å²) in [5.41, 5.74) is 6.67. The van der Waals surface area contributed by atoms with Crippen LogP contribution in [0.15, 0.2) is 36.4 Å². The van der Waals surface area contributed by atoms with E-state index in [1.54, 1.807) is 0 Å². The van der Waals surface area contributed by atoms with Gasteiger partial charge in [-0.25, -0.2) is 0 Å². The standard InChI is InChI=1S/C17H17N3/c1-12-3-5-16(13(2)9-12)20-8-7-19-15-10-14(11-18)4-6-17(15)20/h3-6,9-10,19H,7-8H2,1-2H3. The van der Waals surface area contributed by atoms with Crippen LogP contribution < -0.4 is 10.2 Å². The van der Waals surface area contributed by atoms with E-state index < -0.39 is 0 Å². The lowest BCUT2D eigenvalue weighted by molar-refractivity contribution is 0.922. The van der Waals surface area contributed by atoms with Crippen molar-refractivity contribution in [3.05, 3.63) is 53.1 Å². The predicted octanol–water partition coefficient (Wildman–Crippen LogP) is 3.74. The number of anilines is 3. The highest BCUT2D eigenvalue weighted by atomic mass is 15.2. The van der Waals surface area contributed by atoms with Gasteiger partial charge in [-0.15, -0.1) is 0 Å². The second-order valence-corrected chi connectivity index (χ2v) is 5.21. The molecule has 0 saturated heterocycles. The van der Waals surface area contributed by atoms with Crippen LogP contribution in [-0.4, -0.2) is 13.1 Å². The van der Waals surface area contributed by atoms with Gasteiger partial charge in [-0.3, -0.25) is 0 Å². The van der Waals surface area contributed by atoms with Crippen molar-refractivity contribution < 1.29 is 0 Å². The smallest absolute Gasteiger partial charge is 0.0992 e. The SMILES string of the molecule is Cc1ccc(N2CCNc3cc(C#N)ccc32)c(C)c1. The van der Waals surface area contributed by atoms with E-state index in [0.29, 0.717) is 5.56 Å². The zero-order chi connectivity index (χ0) is 14.1. The Morgan fingerprint density at radius 2 is 1.90 bits per heavy atom. The van der Waals surface area contributed by atoms with Gasteiger partial charge in [0, 0.05) is 18.8 Å². The first-order valence-corrected chi connectivity index (χ1v) is 6.82. The monoisotopic (exact) mass is 263 g/mol. The molecular formula is C17H17N3. The fourth-order valence-electron chi connectivity index (χ4n) is 2.76. The van der Waals surface area contributed by atoms with Gasteiger partial charge in [0.25, 0.3) is 0 Å². The van der Waals surface area contributed by atoms with Gasteiger partial charge in [0.2, 0.25) is 0 Å². The van der Waals surface area contributed by atoms with E-state index in [2.05, 4.69) is 48.3 Å². The molecule has 3 heteroatoms. The fourth-order valence-corrected chi connectivity index (χ4v) is 2.76. The van der Waals surface area contributed by atoms with E-state index in [0.717, 1.165) is 24.5 Å². The van der Waals surface area contributed by atoms with Crippen LogP contribution in [0, 0.1) is 25.2 Å². The topological polar surface area (TPSA) is 39.1 Å². The molecular weight excluding hydrogens is 246 g/mol. The number of nitriles is 1. The normalized spacial score (nSPS) is 13.3. The molecule has 0 amide bonds. The predicted molar refractivity (Wildman–Crippen MR) is 82.6 cm³/mol. The maximum Gasteiger partial charge on any atom is 0.0992 e. The number of fused-ring (bicyclic) bond motifs is 1. The summed E-state index contributed by atoms with van der Waals surface area (Å²) in [6, 6.07) is 14.6. The van der Waals surface area contributed by atoms with Crippen molar-refractivity contribution in [3.8, 4) is 6.07 Å². The molecule has 0 atom stereocenters. The number of benzene rings is 2. The van der Waals surface area contributed by atoms with Crippen LogP contribution in [0.4, 0.5) is 17.1 Å². The zero-order valence-corrected chi connectivity index (χ0v) is 11.8. The van der Waals surface area contributed by atoms with Gasteiger partial charge < -0.3 is 10.2 Å². The molecule has 0 aromatic heterocycles. The Bertz CT molecular complexity index is 698. The number of nitrogens with one attached hydrogen (secondary N) is 1. The molecule has 1 N–H and O–H groups in total. The summed E-state index contributed by atoms with van der Waals surface area (Å²) in [6.07, 6.45) is 0. The van der Waals surface area contributed by atoms with Gasteiger partial charge in [0.1, 0.15) is 0 Å². The van der Waals surface area contributed by atoms with E-state index in [1.807, 2.05) is 18.2 Å². The second-order valence-electron chi connectivity index (χ2n) is 5.21. The van der Waals surface area contributed by atoms with Crippen LogP contribution in [-0.2, 0) is 0 Å². The fraction of sp³-hybridized carbons (Fsp3) is 0.235. The third-order valence-electron chi connectivity index (χ3n) is 3.71. The van der Waals surface area contributed by atoms with E-state index in [-0.39, 0.29) is 0 Å². The van der Waals surface area contributed by atoms with E-state index in [4.69, 9.17) is 5.26 Å². The number of nitrogens with zero attached hydrogens (tertiary/aromatic N) is 2. The summed E-state index contributed by atoms with van der Waals surface area (Å²) in [5.74, 6) is 0. The third kappa shape index (κ3) is 2.10. The van der Waals surface area contributed by atoms with Crippen molar-refractivity contribution in [2.45, 2.75) is 13.8 Å². The molecule has 0 spiro atoms. The number of rotatable bonds is 1. The highest BCUT2D eigenvalue weighted by Gasteiger charge is 2.19. The summed E-state index contributed by atoms with van der Waals surface area (Å²) in [4.78, 5) is 2.32. The molecule has 3 rings (SSSR count). The molecule has 0 aliphatic carbocycles. The lowest BCUT2D eigenvalue weighted by atomic mass is 10.1. The first-order chi connectivity index (χ1) is 9.69. The van der Waals surface area contributed by atoms with Gasteiger partial charge in [-0.2, -0.15) is 5.26 Å². The molecule has 0 fully saturated rings. The molecule has 1 aliphatic rings. The first-order valence-electron chi connectivity index (χ1n) is 6.82. The van der Waals surface area contributed by atoms with E-state index in [1.165, 1.54) is 16.8 Å². The molecule has 1 heterocycles. The minimum Gasteiger partial charge on any atom is -0.382 e. The molecule has 2 aromatic rings. The van der Waals surface area contributed by atoms with Gasteiger partial charge in [0.05, 0.1) is 23.0 Å². The van der Waals surface area contributed by atoms with Crippen molar-refractivity contribution in [1.29, 1.82) is 5.26 Å². The van der Waals surface area contributed by atoms with Crippen molar-refractivity contribution in [2.24, 2.45) is 0 Å². The number of aryl methyl sites for hydroxylation is 2. The molecule has 1 aliphatic heterocycles. The summed E-state index contributed by atoms with van der Waals surface area (Å²) in [5, 5.41) is 12.4. The Morgan fingerprint density at radius 3 is 2.65 bits per heavy atom. The van der Waals surface area contributed by atoms with Crippen molar-refractivity contribution in [1.82, 2.24) is 0 Å². The Hall–Kier alpha value is -2.47. The van der Waals surface area contributed by atoms with Crippen molar-refractivity contribution in [3.63, 3.8) is 0 Å². The Balaban J connectivity index is 2.08. The average molecular weight is 263 g/mol. The largest absolute Gasteiger partial charge is 0.382 e. The first kappa shape index (κ1) is 12.6. The molecule has 0 unspecified atom stereocenters. The maximum atomic E-state index is 9.01. The van der Waals surface area contributed by atoms with E-state index >= 15 is 0 Å². The molecule has 100 valence electrons. The van der Waals surface area contributed by atoms with Gasteiger partial charge in [-0.1, -0.05) is 17.7 Å². The lowest BCUT2D eigenvalue weighted by Gasteiger charge is -2.33. The molecule has 0 saturated carbocycles. The molecule has 3 nitrogen and oxygen atoms in total. The zero-order valence-electron chi connectivity index (χ0n) is 11.8. The van der Waals surface area contributed by atoms with Gasteiger partial charge in [0.15, 0.2) is 0 Å². The highest BCUT2D eigenvalue weighted by Crippen LogP contribution is 2.36. The van der Waals surface area contributed by atoms with Crippen LogP contribution >= 0.6 is 0 Å². The van der Waals surface area contributed by atoms with Crippen LogP contribution in [0.2, 0.25) is 0 Å². The molecule has 2 aromatic carbocycles. The Kier molecular flexibility index (Phi) is 3.08. The van der Waals surface area contributed by atoms with Gasteiger partial charge >= 0.3 is 0 Å². The maximum absolute atomic E-state index is 9.01.